The molecule has 6 nitrogen and oxygen atoms in total. The third-order valence-electron chi connectivity index (χ3n) is 3.80. The fourth-order valence-corrected chi connectivity index (χ4v) is 2.78. The predicted molar refractivity (Wildman–Crippen MR) is 114 cm³/mol. The first-order valence-corrected chi connectivity index (χ1v) is 9.86. The van der Waals surface area contributed by atoms with Gasteiger partial charge in [0.1, 0.15) is 5.75 Å². The number of ether oxygens (including phenoxy) is 2. The lowest BCUT2D eigenvalue weighted by Crippen LogP contribution is -2.30. The molecule has 1 N–H and O–H groups in total. The number of rotatable bonds is 10. The fourth-order valence-electron chi connectivity index (χ4n) is 2.48. The van der Waals surface area contributed by atoms with E-state index in [1.165, 1.54) is 23.8 Å². The molecule has 0 aromatic heterocycles. The van der Waals surface area contributed by atoms with Crippen LogP contribution in [-0.4, -0.2) is 50.6 Å². The average Bonchev–Trinajstić information content (AvgIpc) is 2.67. The van der Waals surface area contributed by atoms with Gasteiger partial charge < -0.3 is 19.7 Å². The summed E-state index contributed by atoms with van der Waals surface area (Å²) in [4.78, 5) is 25.8. The standard InChI is InChI=1S/C21H24Cl2N2O4/c1-25(2)13-15-5-3-6-17(11-15)28-10-4-9-24-20(26)14-29-21(27)16-7-8-18(22)19(23)12-16/h3,5-8,11-12H,4,9-10,13-14H2,1-2H3,(H,24,26). The molecule has 2 rings (SSSR count). The average molecular weight is 439 g/mol. The van der Waals surface area contributed by atoms with Gasteiger partial charge in [0.25, 0.3) is 5.91 Å². The van der Waals surface area contributed by atoms with Crippen molar-refractivity contribution >= 4 is 35.1 Å². The Kier molecular flexibility index (Phi) is 9.25. The number of nitrogens with zero attached hydrogens (tertiary/aromatic N) is 1. The first kappa shape index (κ1) is 23.0. The normalized spacial score (nSPS) is 10.7. The number of hydrogen-bond donors (Lipinski definition) is 1. The topological polar surface area (TPSA) is 67.9 Å². The zero-order valence-electron chi connectivity index (χ0n) is 16.4. The second-order valence-corrected chi connectivity index (χ2v) is 7.46. The Hall–Kier alpha value is -2.28. The van der Waals surface area contributed by atoms with Gasteiger partial charge in [-0.2, -0.15) is 0 Å². The van der Waals surface area contributed by atoms with E-state index in [0.717, 1.165) is 12.3 Å². The summed E-state index contributed by atoms with van der Waals surface area (Å²) in [5.74, 6) is -0.225. The van der Waals surface area contributed by atoms with Crippen molar-refractivity contribution < 1.29 is 19.1 Å². The molecule has 0 fully saturated rings. The van der Waals surface area contributed by atoms with Gasteiger partial charge in [-0.15, -0.1) is 0 Å². The Labute approximate surface area is 180 Å². The molecule has 0 saturated heterocycles. The molecule has 0 atom stereocenters. The Morgan fingerprint density at radius 2 is 1.86 bits per heavy atom. The number of benzene rings is 2. The number of carbonyl (C=O) groups excluding carboxylic acids is 2. The summed E-state index contributed by atoms with van der Waals surface area (Å²) in [5, 5.41) is 3.27. The minimum atomic E-state index is -0.639. The maximum absolute atomic E-state index is 11.9. The number of esters is 1. The van der Waals surface area contributed by atoms with Crippen molar-refractivity contribution in [2.75, 3.05) is 33.9 Å². The van der Waals surface area contributed by atoms with Crippen LogP contribution >= 0.6 is 23.2 Å². The molecule has 0 unspecified atom stereocenters. The Balaban J connectivity index is 1.63. The molecule has 0 bridgehead atoms. The van der Waals surface area contributed by atoms with Gasteiger partial charge in [-0.1, -0.05) is 35.3 Å². The largest absolute Gasteiger partial charge is 0.494 e. The number of hydrogen-bond acceptors (Lipinski definition) is 5. The van der Waals surface area contributed by atoms with Crippen LogP contribution < -0.4 is 10.1 Å². The number of carbonyl (C=O) groups is 2. The molecule has 0 spiro atoms. The predicted octanol–water partition coefficient (Wildman–Crippen LogP) is 3.80. The molecule has 0 aliphatic carbocycles. The minimum Gasteiger partial charge on any atom is -0.494 e. The van der Waals surface area contributed by atoms with E-state index in [1.54, 1.807) is 0 Å². The van der Waals surface area contributed by atoms with E-state index in [4.69, 9.17) is 32.7 Å². The van der Waals surface area contributed by atoms with Gasteiger partial charge in [0.05, 0.1) is 22.2 Å². The summed E-state index contributed by atoms with van der Waals surface area (Å²) in [7, 11) is 4.02. The van der Waals surface area contributed by atoms with Crippen molar-refractivity contribution in [1.82, 2.24) is 10.2 Å². The molecule has 0 aliphatic heterocycles. The number of amides is 1. The first-order valence-electron chi connectivity index (χ1n) is 9.10. The number of nitrogens with one attached hydrogen (secondary N) is 1. The van der Waals surface area contributed by atoms with Crippen LogP contribution in [0.5, 0.6) is 5.75 Å². The first-order chi connectivity index (χ1) is 13.8. The van der Waals surface area contributed by atoms with Crippen LogP contribution in [0.3, 0.4) is 0 Å². The molecule has 0 saturated carbocycles. The quantitative estimate of drug-likeness (QED) is 0.451. The summed E-state index contributed by atoms with van der Waals surface area (Å²) >= 11 is 11.7. The smallest absolute Gasteiger partial charge is 0.338 e. The van der Waals surface area contributed by atoms with Crippen molar-refractivity contribution in [3.63, 3.8) is 0 Å². The molecule has 156 valence electrons. The molecular weight excluding hydrogens is 415 g/mol. The van der Waals surface area contributed by atoms with Gasteiger partial charge in [-0.3, -0.25) is 4.79 Å². The molecule has 0 aliphatic rings. The molecule has 2 aromatic rings. The maximum Gasteiger partial charge on any atom is 0.338 e. The molecule has 0 radical (unpaired) electrons. The third-order valence-corrected chi connectivity index (χ3v) is 4.54. The lowest BCUT2D eigenvalue weighted by atomic mass is 10.2. The van der Waals surface area contributed by atoms with Crippen LogP contribution in [0.2, 0.25) is 10.0 Å². The summed E-state index contributed by atoms with van der Waals surface area (Å²) in [6.45, 7) is 1.36. The van der Waals surface area contributed by atoms with Crippen LogP contribution in [0.15, 0.2) is 42.5 Å². The van der Waals surface area contributed by atoms with Crippen LogP contribution in [0.4, 0.5) is 0 Å². The van der Waals surface area contributed by atoms with E-state index >= 15 is 0 Å². The van der Waals surface area contributed by atoms with E-state index in [-0.39, 0.29) is 23.1 Å². The maximum atomic E-state index is 11.9. The van der Waals surface area contributed by atoms with Crippen molar-refractivity contribution in [2.24, 2.45) is 0 Å². The van der Waals surface area contributed by atoms with Crippen molar-refractivity contribution in [1.29, 1.82) is 0 Å². The summed E-state index contributed by atoms with van der Waals surface area (Å²) < 4.78 is 10.7. The second kappa shape index (κ2) is 11.7. The monoisotopic (exact) mass is 438 g/mol. The molecule has 8 heteroatoms. The van der Waals surface area contributed by atoms with E-state index in [9.17, 15) is 9.59 Å². The second-order valence-electron chi connectivity index (χ2n) is 6.64. The van der Waals surface area contributed by atoms with E-state index < -0.39 is 5.97 Å². The van der Waals surface area contributed by atoms with Gasteiger partial charge in [0.15, 0.2) is 6.61 Å². The van der Waals surface area contributed by atoms with Crippen molar-refractivity contribution in [3.05, 3.63) is 63.6 Å². The SMILES string of the molecule is CN(C)Cc1cccc(OCCCNC(=O)COC(=O)c2ccc(Cl)c(Cl)c2)c1. The van der Waals surface area contributed by atoms with E-state index in [1.807, 2.05) is 38.4 Å². The van der Waals surface area contributed by atoms with Crippen LogP contribution in [0, 0.1) is 0 Å². The highest BCUT2D eigenvalue weighted by atomic mass is 35.5. The van der Waals surface area contributed by atoms with E-state index in [0.29, 0.717) is 24.6 Å². The molecule has 29 heavy (non-hydrogen) atoms. The van der Waals surface area contributed by atoms with Gasteiger partial charge in [0, 0.05) is 13.1 Å². The van der Waals surface area contributed by atoms with Crippen LogP contribution in [0.25, 0.3) is 0 Å². The third kappa shape index (κ3) is 8.31. The Morgan fingerprint density at radius 3 is 2.59 bits per heavy atom. The van der Waals surface area contributed by atoms with E-state index in [2.05, 4.69) is 10.2 Å². The highest BCUT2D eigenvalue weighted by Gasteiger charge is 2.11. The molecule has 1 amide bonds. The minimum absolute atomic E-state index is 0.233. The van der Waals surface area contributed by atoms with Crippen molar-refractivity contribution in [3.8, 4) is 5.75 Å². The van der Waals surface area contributed by atoms with Gasteiger partial charge in [-0.25, -0.2) is 4.79 Å². The summed E-state index contributed by atoms with van der Waals surface area (Å²) in [6.07, 6.45) is 0.629. The molecule has 0 heterocycles. The Bertz CT molecular complexity index is 843. The Morgan fingerprint density at radius 1 is 1.07 bits per heavy atom. The lowest BCUT2D eigenvalue weighted by Gasteiger charge is -2.12. The summed E-state index contributed by atoms with van der Waals surface area (Å²) in [6, 6.07) is 12.3. The highest BCUT2D eigenvalue weighted by Crippen LogP contribution is 2.22. The fraction of sp³-hybridized carbons (Fsp3) is 0.333. The number of halogens is 2. The van der Waals surface area contributed by atoms with Crippen LogP contribution in [-0.2, 0) is 16.1 Å². The zero-order valence-corrected chi connectivity index (χ0v) is 17.9. The lowest BCUT2D eigenvalue weighted by molar-refractivity contribution is -0.124. The van der Waals surface area contributed by atoms with Gasteiger partial charge in [-0.05, 0) is 56.4 Å². The highest BCUT2D eigenvalue weighted by molar-refractivity contribution is 6.42. The van der Waals surface area contributed by atoms with Crippen LogP contribution in [0.1, 0.15) is 22.3 Å². The van der Waals surface area contributed by atoms with Gasteiger partial charge >= 0.3 is 5.97 Å². The van der Waals surface area contributed by atoms with Gasteiger partial charge in [0.2, 0.25) is 0 Å². The zero-order chi connectivity index (χ0) is 21.2. The molecule has 2 aromatic carbocycles. The summed E-state index contributed by atoms with van der Waals surface area (Å²) in [5.41, 5.74) is 1.40. The van der Waals surface area contributed by atoms with Crippen molar-refractivity contribution in [2.45, 2.75) is 13.0 Å². The molecular formula is C21H24Cl2N2O4.